The van der Waals surface area contributed by atoms with Crippen LogP contribution in [-0.2, 0) is 37.8 Å². The molecule has 0 aliphatic carbocycles. The molecule has 1 saturated heterocycles. The molecule has 4 unspecified atom stereocenters. The highest BCUT2D eigenvalue weighted by atomic mass is 16.6. The van der Waals surface area contributed by atoms with Crippen molar-refractivity contribution in [2.45, 2.75) is 56.6 Å². The van der Waals surface area contributed by atoms with E-state index in [-0.39, 0.29) is 36.5 Å². The van der Waals surface area contributed by atoms with Crippen LogP contribution in [0.3, 0.4) is 0 Å². The van der Waals surface area contributed by atoms with Gasteiger partial charge in [0.2, 0.25) is 5.60 Å². The summed E-state index contributed by atoms with van der Waals surface area (Å²) in [5.41, 5.74) is -0.344. The van der Waals surface area contributed by atoms with E-state index in [1.807, 2.05) is 30.3 Å². The van der Waals surface area contributed by atoms with Crippen LogP contribution < -0.4 is 16.6 Å². The zero-order valence-corrected chi connectivity index (χ0v) is 23.7. The number of aliphatic hydroxyl groups excluding tert-OH is 3. The van der Waals surface area contributed by atoms with E-state index < -0.39 is 60.1 Å². The van der Waals surface area contributed by atoms with Crippen LogP contribution in [0.4, 0.5) is 10.6 Å². The summed E-state index contributed by atoms with van der Waals surface area (Å²) in [6, 6.07) is 12.4. The lowest BCUT2D eigenvalue weighted by atomic mass is 9.85. The van der Waals surface area contributed by atoms with Crippen molar-refractivity contribution >= 4 is 28.8 Å². The number of aliphatic hydroxyl groups is 3. The normalized spacial score (nSPS) is 24.9. The summed E-state index contributed by atoms with van der Waals surface area (Å²) in [6.07, 6.45) is -5.43. The van der Waals surface area contributed by atoms with Gasteiger partial charge >= 0.3 is 17.8 Å². The zero-order chi connectivity index (χ0) is 31.6. The molecule has 1 fully saturated rings. The number of para-hydroxylation sites is 1. The SMILES string of the molecule is CC[C@@]1(OC(=O)Nc2ccn(C3OC(CO)C(O)C3O)c(=O)n2)C(=O)OCc2c1cc1n(c2=O)Cc2cc3ccccc3nc2-1. The molecule has 0 saturated carbocycles. The number of nitrogens with one attached hydrogen (secondary N) is 1. The monoisotopic (exact) mass is 617 g/mol. The van der Waals surface area contributed by atoms with Crippen LogP contribution >= 0.6 is 0 Å². The molecular formula is C30H27N5O10. The number of nitrogens with zero attached hydrogens (tertiary/aromatic N) is 4. The maximum atomic E-state index is 13.7. The standard InChI is InChI=1S/C30H27N5O10/c1-2-30(45-29(42)33-21-7-8-34(28(41)32-21)26-24(38)23(37)20(12-36)44-26)17-10-19-22-15(9-14-5-3-4-6-18(14)31-22)11-35(19)25(39)16(17)13-43-27(30)40/h3-10,20,23-24,26,36-38H,2,11-13H2,1H3,(H,32,33,41,42)/t20?,23?,24?,26?,30-/m0/s1. The van der Waals surface area contributed by atoms with E-state index in [2.05, 4.69) is 10.3 Å². The Hall–Kier alpha value is -4.96. The van der Waals surface area contributed by atoms with E-state index >= 15 is 0 Å². The summed E-state index contributed by atoms with van der Waals surface area (Å²) in [6.45, 7) is 1.01. The molecule has 1 aromatic carbocycles. The molecule has 45 heavy (non-hydrogen) atoms. The van der Waals surface area contributed by atoms with Gasteiger partial charge in [-0.05, 0) is 30.7 Å². The molecule has 3 aromatic heterocycles. The van der Waals surface area contributed by atoms with Gasteiger partial charge in [0.1, 0.15) is 30.7 Å². The predicted octanol–water partition coefficient (Wildman–Crippen LogP) is 0.504. The Bertz CT molecular complexity index is 2010. The fourth-order valence-electron chi connectivity index (χ4n) is 6.16. The average Bonchev–Trinajstić information content (AvgIpc) is 3.53. The molecule has 3 aliphatic rings. The van der Waals surface area contributed by atoms with Gasteiger partial charge in [-0.2, -0.15) is 4.98 Å². The van der Waals surface area contributed by atoms with Gasteiger partial charge in [0.05, 0.1) is 35.6 Å². The lowest BCUT2D eigenvalue weighted by Crippen LogP contribution is -2.48. The third-order valence-corrected chi connectivity index (χ3v) is 8.50. The van der Waals surface area contributed by atoms with Crippen molar-refractivity contribution in [3.05, 3.63) is 86.2 Å². The Labute approximate surface area is 253 Å². The number of amides is 1. The molecule has 232 valence electrons. The number of hydrogen-bond acceptors (Lipinski definition) is 12. The highest BCUT2D eigenvalue weighted by Gasteiger charge is 2.51. The van der Waals surface area contributed by atoms with E-state index in [4.69, 9.17) is 19.2 Å². The summed E-state index contributed by atoms with van der Waals surface area (Å²) in [4.78, 5) is 61.4. The van der Waals surface area contributed by atoms with Gasteiger partial charge in [-0.1, -0.05) is 25.1 Å². The summed E-state index contributed by atoms with van der Waals surface area (Å²) in [5.74, 6) is -1.11. The minimum absolute atomic E-state index is 0.0760. The number of fused-ring (bicyclic) bond motifs is 5. The van der Waals surface area contributed by atoms with Crippen molar-refractivity contribution in [3.63, 3.8) is 0 Å². The van der Waals surface area contributed by atoms with E-state index in [1.165, 1.54) is 12.3 Å². The number of rotatable bonds is 5. The van der Waals surface area contributed by atoms with Crippen molar-refractivity contribution in [1.82, 2.24) is 19.1 Å². The van der Waals surface area contributed by atoms with Gasteiger partial charge in [-0.15, -0.1) is 0 Å². The number of ether oxygens (including phenoxy) is 3. The number of anilines is 1. The highest BCUT2D eigenvalue weighted by Crippen LogP contribution is 2.41. The third kappa shape index (κ3) is 4.42. The first-order valence-electron chi connectivity index (χ1n) is 14.2. The molecule has 4 N–H and O–H groups in total. The van der Waals surface area contributed by atoms with Crippen LogP contribution in [0.1, 0.15) is 36.3 Å². The first kappa shape index (κ1) is 28.8. The molecule has 6 heterocycles. The summed E-state index contributed by atoms with van der Waals surface area (Å²) in [7, 11) is 0. The Balaban J connectivity index is 1.20. The number of hydrogen-bond donors (Lipinski definition) is 4. The quantitative estimate of drug-likeness (QED) is 0.199. The molecule has 0 spiro atoms. The van der Waals surface area contributed by atoms with Crippen LogP contribution in [0.15, 0.2) is 58.3 Å². The number of carbonyl (C=O) groups excluding carboxylic acids is 2. The average molecular weight is 618 g/mol. The van der Waals surface area contributed by atoms with Gasteiger partial charge in [0.15, 0.2) is 6.23 Å². The molecule has 4 aromatic rings. The topological polar surface area (TPSA) is 204 Å². The number of carbonyl (C=O) groups is 2. The number of cyclic esters (lactones) is 1. The first-order chi connectivity index (χ1) is 21.6. The van der Waals surface area contributed by atoms with Crippen LogP contribution in [0.5, 0.6) is 0 Å². The minimum Gasteiger partial charge on any atom is -0.457 e. The van der Waals surface area contributed by atoms with Crippen molar-refractivity contribution in [2.75, 3.05) is 11.9 Å². The van der Waals surface area contributed by atoms with E-state index in [9.17, 15) is 34.5 Å². The molecule has 0 bridgehead atoms. The van der Waals surface area contributed by atoms with E-state index in [1.54, 1.807) is 17.6 Å². The van der Waals surface area contributed by atoms with E-state index in [0.717, 1.165) is 21.0 Å². The van der Waals surface area contributed by atoms with Gasteiger partial charge in [0.25, 0.3) is 5.56 Å². The largest absolute Gasteiger partial charge is 0.457 e. The summed E-state index contributed by atoms with van der Waals surface area (Å²) < 4.78 is 18.9. The van der Waals surface area contributed by atoms with Crippen LogP contribution in [0, 0.1) is 0 Å². The Morgan fingerprint density at radius 2 is 1.93 bits per heavy atom. The molecule has 7 rings (SSSR count). The maximum Gasteiger partial charge on any atom is 0.414 e. The van der Waals surface area contributed by atoms with Crippen molar-refractivity contribution in [3.8, 4) is 11.4 Å². The zero-order valence-electron chi connectivity index (χ0n) is 23.7. The van der Waals surface area contributed by atoms with Crippen LogP contribution in [0.25, 0.3) is 22.3 Å². The van der Waals surface area contributed by atoms with Gasteiger partial charge in [-0.3, -0.25) is 14.7 Å². The lowest BCUT2D eigenvalue weighted by Gasteiger charge is -2.35. The fraction of sp³-hybridized carbons (Fsp3) is 0.333. The molecule has 3 aliphatic heterocycles. The number of pyridine rings is 2. The van der Waals surface area contributed by atoms with Crippen LogP contribution in [-0.4, -0.2) is 71.4 Å². The van der Waals surface area contributed by atoms with Crippen molar-refractivity contribution in [1.29, 1.82) is 0 Å². The van der Waals surface area contributed by atoms with Crippen molar-refractivity contribution in [2.24, 2.45) is 0 Å². The maximum absolute atomic E-state index is 13.7. The lowest BCUT2D eigenvalue weighted by molar-refractivity contribution is -0.171. The van der Waals surface area contributed by atoms with Gasteiger partial charge < -0.3 is 34.1 Å². The Morgan fingerprint density at radius 3 is 2.67 bits per heavy atom. The van der Waals surface area contributed by atoms with E-state index in [0.29, 0.717) is 11.4 Å². The first-order valence-corrected chi connectivity index (χ1v) is 14.2. The molecule has 1 amide bonds. The van der Waals surface area contributed by atoms with Gasteiger partial charge in [-0.25, -0.2) is 19.4 Å². The third-order valence-electron chi connectivity index (χ3n) is 8.50. The second-order valence-electron chi connectivity index (χ2n) is 11.0. The molecule has 0 radical (unpaired) electrons. The molecular weight excluding hydrogens is 590 g/mol. The van der Waals surface area contributed by atoms with Crippen molar-refractivity contribution < 1.29 is 39.1 Å². The predicted molar refractivity (Wildman–Crippen MR) is 154 cm³/mol. The molecule has 15 heteroatoms. The Kier molecular flexibility index (Phi) is 6.77. The summed E-state index contributed by atoms with van der Waals surface area (Å²) in [5, 5.41) is 32.8. The fourth-order valence-corrected chi connectivity index (χ4v) is 6.16. The smallest absolute Gasteiger partial charge is 0.414 e. The van der Waals surface area contributed by atoms with Crippen LogP contribution in [0.2, 0.25) is 0 Å². The minimum atomic E-state index is -1.99. The second kappa shape index (κ2) is 10.6. The molecule has 15 nitrogen and oxygen atoms in total. The second-order valence-corrected chi connectivity index (χ2v) is 11.0. The number of benzene rings is 1. The number of esters is 1. The number of aromatic nitrogens is 4. The van der Waals surface area contributed by atoms with Gasteiger partial charge in [0, 0.05) is 22.7 Å². The Morgan fingerprint density at radius 1 is 1.13 bits per heavy atom. The highest BCUT2D eigenvalue weighted by molar-refractivity contribution is 5.91. The summed E-state index contributed by atoms with van der Waals surface area (Å²) >= 11 is 0. The molecule has 5 atom stereocenters.